The van der Waals surface area contributed by atoms with Crippen molar-refractivity contribution in [1.29, 1.82) is 0 Å². The maximum Gasteiger partial charge on any atom is 0.317 e. The summed E-state index contributed by atoms with van der Waals surface area (Å²) in [5.74, 6) is -0.856. The minimum Gasteiger partial charge on any atom is -0.481 e. The maximum absolute atomic E-state index is 11.6. The largest absolute Gasteiger partial charge is 0.481 e. The lowest BCUT2D eigenvalue weighted by Gasteiger charge is -2.16. The Balaban J connectivity index is 2.26. The Hall–Kier alpha value is -1.27. The summed E-state index contributed by atoms with van der Waals surface area (Å²) >= 11 is 7.23. The molecule has 18 heavy (non-hydrogen) atoms. The molecule has 7 heteroatoms. The normalized spacial score (nSPS) is 10.1. The van der Waals surface area contributed by atoms with Crippen molar-refractivity contribution in [2.24, 2.45) is 0 Å². The third-order valence-electron chi connectivity index (χ3n) is 2.21. The van der Waals surface area contributed by atoms with E-state index >= 15 is 0 Å². The molecule has 0 aliphatic carbocycles. The summed E-state index contributed by atoms with van der Waals surface area (Å²) in [5.41, 5.74) is 0. The van der Waals surface area contributed by atoms with Gasteiger partial charge in [0.15, 0.2) is 0 Å². The van der Waals surface area contributed by atoms with Crippen LogP contribution in [0.5, 0.6) is 0 Å². The molecule has 100 valence electrons. The van der Waals surface area contributed by atoms with Crippen molar-refractivity contribution in [2.45, 2.75) is 19.4 Å². The van der Waals surface area contributed by atoms with E-state index in [0.717, 1.165) is 4.88 Å². The predicted octanol–water partition coefficient (Wildman–Crippen LogP) is 2.41. The molecule has 0 atom stereocenters. The third-order valence-corrected chi connectivity index (χ3v) is 3.43. The molecule has 1 rings (SSSR count). The average Bonchev–Trinajstić information content (AvgIpc) is 2.69. The second-order valence-corrected chi connectivity index (χ2v) is 5.59. The van der Waals surface area contributed by atoms with Crippen LogP contribution < -0.4 is 5.32 Å². The molecular weight excluding hydrogens is 276 g/mol. The Kier molecular flexibility index (Phi) is 5.94. The SMILES string of the molecule is CN(Cc1ccc(Cl)s1)C(=O)NCCCC(=O)O. The maximum atomic E-state index is 11.6. The first-order valence-corrected chi connectivity index (χ1v) is 6.63. The van der Waals surface area contributed by atoms with Gasteiger partial charge in [-0.3, -0.25) is 4.79 Å². The number of hydrogen-bond acceptors (Lipinski definition) is 3. The lowest BCUT2D eigenvalue weighted by molar-refractivity contribution is -0.137. The van der Waals surface area contributed by atoms with Gasteiger partial charge in [0.05, 0.1) is 10.9 Å². The van der Waals surface area contributed by atoms with E-state index in [1.54, 1.807) is 13.1 Å². The van der Waals surface area contributed by atoms with E-state index in [1.165, 1.54) is 16.2 Å². The Labute approximate surface area is 114 Å². The first-order chi connectivity index (χ1) is 8.49. The summed E-state index contributed by atoms with van der Waals surface area (Å²) < 4.78 is 0.695. The number of carboxylic acids is 1. The van der Waals surface area contributed by atoms with Crippen LogP contribution in [0.2, 0.25) is 4.34 Å². The first kappa shape index (κ1) is 14.8. The molecule has 0 spiro atoms. The molecule has 0 aliphatic heterocycles. The molecule has 0 aromatic carbocycles. The second kappa shape index (κ2) is 7.23. The summed E-state index contributed by atoms with van der Waals surface area (Å²) in [6.07, 6.45) is 0.490. The number of nitrogens with one attached hydrogen (secondary N) is 1. The molecule has 5 nitrogen and oxygen atoms in total. The van der Waals surface area contributed by atoms with Crippen LogP contribution in [0.15, 0.2) is 12.1 Å². The van der Waals surface area contributed by atoms with Gasteiger partial charge in [0, 0.05) is 24.9 Å². The Morgan fingerprint density at radius 1 is 1.50 bits per heavy atom. The van der Waals surface area contributed by atoms with E-state index in [-0.39, 0.29) is 12.5 Å². The van der Waals surface area contributed by atoms with Crippen LogP contribution in [-0.4, -0.2) is 35.6 Å². The number of carbonyl (C=O) groups excluding carboxylic acids is 1. The molecule has 1 heterocycles. The summed E-state index contributed by atoms with van der Waals surface area (Å²) in [4.78, 5) is 24.5. The number of aliphatic carboxylic acids is 1. The van der Waals surface area contributed by atoms with Crippen molar-refractivity contribution < 1.29 is 14.7 Å². The predicted molar refractivity (Wildman–Crippen MR) is 71.1 cm³/mol. The fourth-order valence-electron chi connectivity index (χ4n) is 1.31. The number of carbonyl (C=O) groups is 2. The van der Waals surface area contributed by atoms with Gasteiger partial charge in [-0.05, 0) is 18.6 Å². The molecule has 0 aliphatic rings. The van der Waals surface area contributed by atoms with Crippen molar-refractivity contribution in [2.75, 3.05) is 13.6 Å². The van der Waals surface area contributed by atoms with Crippen molar-refractivity contribution in [3.63, 3.8) is 0 Å². The van der Waals surface area contributed by atoms with E-state index in [1.807, 2.05) is 6.07 Å². The van der Waals surface area contributed by atoms with E-state index < -0.39 is 5.97 Å². The fourth-order valence-corrected chi connectivity index (χ4v) is 2.45. The van der Waals surface area contributed by atoms with Crippen molar-refractivity contribution in [3.05, 3.63) is 21.3 Å². The van der Waals surface area contributed by atoms with E-state index in [9.17, 15) is 9.59 Å². The quantitative estimate of drug-likeness (QED) is 0.791. The van der Waals surface area contributed by atoms with Crippen LogP contribution in [-0.2, 0) is 11.3 Å². The molecule has 0 unspecified atom stereocenters. The zero-order valence-corrected chi connectivity index (χ0v) is 11.6. The molecule has 0 saturated heterocycles. The lowest BCUT2D eigenvalue weighted by Crippen LogP contribution is -2.37. The minimum atomic E-state index is -0.856. The molecular formula is C11H15ClN2O3S. The van der Waals surface area contributed by atoms with Crippen LogP contribution in [0.25, 0.3) is 0 Å². The van der Waals surface area contributed by atoms with Crippen LogP contribution >= 0.6 is 22.9 Å². The zero-order chi connectivity index (χ0) is 13.5. The van der Waals surface area contributed by atoms with Gasteiger partial charge in [-0.1, -0.05) is 11.6 Å². The van der Waals surface area contributed by atoms with Crippen molar-refractivity contribution >= 4 is 34.9 Å². The summed E-state index contributed by atoms with van der Waals surface area (Å²) in [6.45, 7) is 0.850. The highest BCUT2D eigenvalue weighted by atomic mass is 35.5. The Morgan fingerprint density at radius 3 is 2.78 bits per heavy atom. The Bertz CT molecular complexity index is 422. The minimum absolute atomic E-state index is 0.0600. The number of carboxylic acid groups (broad SMARTS) is 1. The molecule has 2 N–H and O–H groups in total. The van der Waals surface area contributed by atoms with Gasteiger partial charge < -0.3 is 15.3 Å². The van der Waals surface area contributed by atoms with Crippen LogP contribution in [0, 0.1) is 0 Å². The second-order valence-electron chi connectivity index (χ2n) is 3.79. The standard InChI is InChI=1S/C11H15ClN2O3S/c1-14(7-8-4-5-9(12)18-8)11(17)13-6-2-3-10(15)16/h4-5H,2-3,6-7H2,1H3,(H,13,17)(H,15,16). The number of nitrogens with zero attached hydrogens (tertiary/aromatic N) is 1. The molecule has 2 amide bonds. The molecule has 0 fully saturated rings. The van der Waals surface area contributed by atoms with Gasteiger partial charge in [-0.15, -0.1) is 11.3 Å². The highest BCUT2D eigenvalue weighted by Gasteiger charge is 2.09. The van der Waals surface area contributed by atoms with Gasteiger partial charge in [-0.2, -0.15) is 0 Å². The number of urea groups is 1. The Morgan fingerprint density at radius 2 is 2.22 bits per heavy atom. The molecule has 1 aromatic rings. The third kappa shape index (κ3) is 5.37. The smallest absolute Gasteiger partial charge is 0.317 e. The van der Waals surface area contributed by atoms with Crippen LogP contribution in [0.3, 0.4) is 0 Å². The van der Waals surface area contributed by atoms with Crippen LogP contribution in [0.1, 0.15) is 17.7 Å². The number of amides is 2. The van der Waals surface area contributed by atoms with E-state index in [2.05, 4.69) is 5.32 Å². The summed E-state index contributed by atoms with van der Waals surface area (Å²) in [5, 5.41) is 11.1. The van der Waals surface area contributed by atoms with E-state index in [0.29, 0.717) is 23.8 Å². The number of halogens is 1. The van der Waals surface area contributed by atoms with Gasteiger partial charge in [0.25, 0.3) is 0 Å². The van der Waals surface area contributed by atoms with Gasteiger partial charge in [0.1, 0.15) is 0 Å². The van der Waals surface area contributed by atoms with Crippen molar-refractivity contribution in [1.82, 2.24) is 10.2 Å². The molecule has 0 bridgehead atoms. The monoisotopic (exact) mass is 290 g/mol. The highest BCUT2D eigenvalue weighted by molar-refractivity contribution is 7.16. The molecule has 1 aromatic heterocycles. The molecule has 0 radical (unpaired) electrons. The van der Waals surface area contributed by atoms with Gasteiger partial charge in [0.2, 0.25) is 0 Å². The van der Waals surface area contributed by atoms with Gasteiger partial charge in [-0.25, -0.2) is 4.79 Å². The highest BCUT2D eigenvalue weighted by Crippen LogP contribution is 2.22. The lowest BCUT2D eigenvalue weighted by atomic mass is 10.3. The number of hydrogen-bond donors (Lipinski definition) is 2. The van der Waals surface area contributed by atoms with Crippen LogP contribution in [0.4, 0.5) is 4.79 Å². The zero-order valence-electron chi connectivity index (χ0n) is 9.98. The summed E-state index contributed by atoms with van der Waals surface area (Å²) in [6, 6.07) is 3.45. The van der Waals surface area contributed by atoms with E-state index in [4.69, 9.17) is 16.7 Å². The first-order valence-electron chi connectivity index (χ1n) is 5.44. The topological polar surface area (TPSA) is 69.6 Å². The van der Waals surface area contributed by atoms with Crippen molar-refractivity contribution in [3.8, 4) is 0 Å². The molecule has 0 saturated carbocycles. The number of rotatable bonds is 6. The average molecular weight is 291 g/mol. The number of thiophene rings is 1. The fraction of sp³-hybridized carbons (Fsp3) is 0.455. The van der Waals surface area contributed by atoms with Gasteiger partial charge >= 0.3 is 12.0 Å². The summed E-state index contributed by atoms with van der Waals surface area (Å²) in [7, 11) is 1.68.